The van der Waals surface area contributed by atoms with Gasteiger partial charge in [0, 0.05) is 11.5 Å². The number of rotatable bonds is 2. The van der Waals surface area contributed by atoms with Gasteiger partial charge < -0.3 is 4.74 Å². The van der Waals surface area contributed by atoms with Gasteiger partial charge in [-0.25, -0.2) is 0 Å². The maximum atomic E-state index is 10.7. The van der Waals surface area contributed by atoms with Crippen LogP contribution in [0.4, 0.5) is 5.69 Å². The number of fused-ring (bicyclic) bond motifs is 1. The highest BCUT2D eigenvalue weighted by Gasteiger charge is 2.17. The van der Waals surface area contributed by atoms with Crippen LogP contribution in [-0.2, 0) is 0 Å². The van der Waals surface area contributed by atoms with E-state index >= 15 is 0 Å². The zero-order valence-electron chi connectivity index (χ0n) is 7.65. The molecule has 1 N–H and O–H groups in total. The molecule has 1 aromatic heterocycles. The first-order valence-corrected chi connectivity index (χ1v) is 5.07. The average molecular weight is 319 g/mol. The van der Waals surface area contributed by atoms with Gasteiger partial charge in [-0.15, -0.1) is 0 Å². The molecular weight excluding hydrogens is 313 g/mol. The minimum atomic E-state index is -0.480. The van der Waals surface area contributed by atoms with Gasteiger partial charge in [-0.3, -0.25) is 15.2 Å². The summed E-state index contributed by atoms with van der Waals surface area (Å²) in [5.74, 6) is 0.242. The predicted molar refractivity (Wildman–Crippen MR) is 62.0 cm³/mol. The van der Waals surface area contributed by atoms with E-state index in [-0.39, 0.29) is 11.4 Å². The van der Waals surface area contributed by atoms with Crippen LogP contribution in [0.2, 0.25) is 0 Å². The molecule has 0 bridgehead atoms. The van der Waals surface area contributed by atoms with E-state index in [2.05, 4.69) is 10.2 Å². The SMILES string of the molecule is COc1cc2c(I)n[nH]c2cc1[N+](=O)[O-]. The summed E-state index contributed by atoms with van der Waals surface area (Å²) in [6.45, 7) is 0. The number of nitrogens with zero attached hydrogens (tertiary/aromatic N) is 2. The van der Waals surface area contributed by atoms with Crippen LogP contribution in [0.15, 0.2) is 12.1 Å². The molecule has 0 radical (unpaired) electrons. The average Bonchev–Trinajstić information content (AvgIpc) is 2.58. The molecule has 0 saturated carbocycles. The maximum absolute atomic E-state index is 10.7. The Hall–Kier alpha value is -1.38. The minimum absolute atomic E-state index is 0.0648. The molecule has 7 heteroatoms. The second-order valence-electron chi connectivity index (χ2n) is 2.84. The molecule has 1 heterocycles. The van der Waals surface area contributed by atoms with Crippen LogP contribution in [0.3, 0.4) is 0 Å². The van der Waals surface area contributed by atoms with Crippen molar-refractivity contribution < 1.29 is 9.66 Å². The van der Waals surface area contributed by atoms with Crippen LogP contribution >= 0.6 is 22.6 Å². The van der Waals surface area contributed by atoms with Gasteiger partial charge in [0.1, 0.15) is 3.70 Å². The third kappa shape index (κ3) is 1.62. The third-order valence-electron chi connectivity index (χ3n) is 2.01. The Bertz CT molecular complexity index is 537. The lowest BCUT2D eigenvalue weighted by Gasteiger charge is -2.00. The Morgan fingerprint density at radius 1 is 1.60 bits per heavy atom. The normalized spacial score (nSPS) is 10.5. The number of aromatic amines is 1. The highest BCUT2D eigenvalue weighted by Crippen LogP contribution is 2.32. The summed E-state index contributed by atoms with van der Waals surface area (Å²) in [4.78, 5) is 10.2. The summed E-state index contributed by atoms with van der Waals surface area (Å²) in [7, 11) is 1.40. The number of halogens is 1. The lowest BCUT2D eigenvalue weighted by Crippen LogP contribution is -1.93. The summed E-state index contributed by atoms with van der Waals surface area (Å²) in [5, 5.41) is 18.2. The van der Waals surface area contributed by atoms with E-state index in [9.17, 15) is 10.1 Å². The molecule has 2 aromatic rings. The summed E-state index contributed by atoms with van der Waals surface area (Å²) in [6, 6.07) is 3.03. The van der Waals surface area contributed by atoms with Gasteiger partial charge in [0.05, 0.1) is 17.5 Å². The molecule has 0 saturated heterocycles. The van der Waals surface area contributed by atoms with Crippen molar-refractivity contribution >= 4 is 39.2 Å². The predicted octanol–water partition coefficient (Wildman–Crippen LogP) is 2.08. The van der Waals surface area contributed by atoms with E-state index in [0.29, 0.717) is 5.52 Å². The molecule has 0 spiro atoms. The van der Waals surface area contributed by atoms with Gasteiger partial charge in [0.15, 0.2) is 5.75 Å². The number of nitro groups is 1. The molecule has 0 aliphatic rings. The van der Waals surface area contributed by atoms with E-state index in [1.165, 1.54) is 13.2 Å². The van der Waals surface area contributed by atoms with Crippen LogP contribution in [-0.4, -0.2) is 22.2 Å². The van der Waals surface area contributed by atoms with Crippen molar-refractivity contribution in [3.8, 4) is 5.75 Å². The van der Waals surface area contributed by atoms with Gasteiger partial charge in [-0.05, 0) is 28.7 Å². The van der Waals surface area contributed by atoms with Crippen molar-refractivity contribution in [2.75, 3.05) is 7.11 Å². The second kappa shape index (κ2) is 3.65. The number of H-pyrrole nitrogens is 1. The van der Waals surface area contributed by atoms with Crippen LogP contribution in [0.5, 0.6) is 5.75 Å². The van der Waals surface area contributed by atoms with Crippen LogP contribution in [0, 0.1) is 13.8 Å². The van der Waals surface area contributed by atoms with E-state index in [1.54, 1.807) is 6.07 Å². The molecule has 0 unspecified atom stereocenters. The molecule has 78 valence electrons. The van der Waals surface area contributed by atoms with Crippen molar-refractivity contribution in [3.63, 3.8) is 0 Å². The van der Waals surface area contributed by atoms with E-state index < -0.39 is 4.92 Å². The first kappa shape index (κ1) is 10.1. The Balaban J connectivity index is 2.76. The molecule has 1 aromatic carbocycles. The molecular formula is C8H6IN3O3. The van der Waals surface area contributed by atoms with Crippen molar-refractivity contribution in [3.05, 3.63) is 25.9 Å². The lowest BCUT2D eigenvalue weighted by atomic mass is 10.2. The Morgan fingerprint density at radius 2 is 2.33 bits per heavy atom. The first-order valence-electron chi connectivity index (χ1n) is 3.99. The van der Waals surface area contributed by atoms with Gasteiger partial charge in [0.25, 0.3) is 0 Å². The molecule has 2 rings (SSSR count). The van der Waals surface area contributed by atoms with Crippen molar-refractivity contribution in [1.29, 1.82) is 0 Å². The largest absolute Gasteiger partial charge is 0.490 e. The Labute approximate surface area is 97.9 Å². The molecule has 0 amide bonds. The zero-order valence-corrected chi connectivity index (χ0v) is 9.81. The smallest absolute Gasteiger partial charge is 0.313 e. The number of hydrogen-bond acceptors (Lipinski definition) is 4. The van der Waals surface area contributed by atoms with Crippen molar-refractivity contribution in [1.82, 2.24) is 10.2 Å². The third-order valence-corrected chi connectivity index (χ3v) is 2.83. The van der Waals surface area contributed by atoms with Crippen LogP contribution in [0.25, 0.3) is 10.9 Å². The topological polar surface area (TPSA) is 81.0 Å². The number of nitro benzene ring substituents is 1. The zero-order chi connectivity index (χ0) is 11.0. The van der Waals surface area contributed by atoms with Crippen LogP contribution in [0.1, 0.15) is 0 Å². The van der Waals surface area contributed by atoms with E-state index in [1.807, 2.05) is 22.6 Å². The molecule has 0 aliphatic heterocycles. The number of aromatic nitrogens is 2. The number of benzene rings is 1. The van der Waals surface area contributed by atoms with Gasteiger partial charge in [-0.2, -0.15) is 5.10 Å². The summed E-state index contributed by atoms with van der Waals surface area (Å²) < 4.78 is 5.71. The van der Waals surface area contributed by atoms with Gasteiger partial charge >= 0.3 is 5.69 Å². The Kier molecular flexibility index (Phi) is 2.47. The fourth-order valence-corrected chi connectivity index (χ4v) is 1.87. The second-order valence-corrected chi connectivity index (χ2v) is 3.86. The molecule has 15 heavy (non-hydrogen) atoms. The van der Waals surface area contributed by atoms with E-state index in [4.69, 9.17) is 4.74 Å². The first-order chi connectivity index (χ1) is 7.13. The Morgan fingerprint density at radius 3 is 2.93 bits per heavy atom. The quantitative estimate of drug-likeness (QED) is 0.522. The fourth-order valence-electron chi connectivity index (χ4n) is 1.31. The molecule has 0 fully saturated rings. The number of ether oxygens (including phenoxy) is 1. The fraction of sp³-hybridized carbons (Fsp3) is 0.125. The lowest BCUT2D eigenvalue weighted by molar-refractivity contribution is -0.385. The summed E-state index contributed by atoms with van der Waals surface area (Å²) in [5.41, 5.74) is 0.567. The van der Waals surface area contributed by atoms with E-state index in [0.717, 1.165) is 9.09 Å². The summed E-state index contributed by atoms with van der Waals surface area (Å²) in [6.07, 6.45) is 0. The molecule has 6 nitrogen and oxygen atoms in total. The van der Waals surface area contributed by atoms with Gasteiger partial charge in [-0.1, -0.05) is 0 Å². The van der Waals surface area contributed by atoms with Gasteiger partial charge in [0.2, 0.25) is 0 Å². The number of nitrogens with one attached hydrogen (secondary N) is 1. The molecule has 0 atom stereocenters. The number of methoxy groups -OCH3 is 1. The highest BCUT2D eigenvalue weighted by molar-refractivity contribution is 14.1. The van der Waals surface area contributed by atoms with Crippen molar-refractivity contribution in [2.45, 2.75) is 0 Å². The molecule has 0 aliphatic carbocycles. The highest BCUT2D eigenvalue weighted by atomic mass is 127. The summed E-state index contributed by atoms with van der Waals surface area (Å²) >= 11 is 2.05. The standard InChI is InChI=1S/C8H6IN3O3/c1-15-7-2-4-5(10-11-8(4)9)3-6(7)12(13)14/h2-3H,1H3,(H,10,11). The van der Waals surface area contributed by atoms with Crippen molar-refractivity contribution in [2.24, 2.45) is 0 Å². The van der Waals surface area contributed by atoms with Crippen LogP contribution < -0.4 is 4.74 Å². The minimum Gasteiger partial charge on any atom is -0.490 e. The monoisotopic (exact) mass is 319 g/mol. The maximum Gasteiger partial charge on any atom is 0.313 e. The number of hydrogen-bond donors (Lipinski definition) is 1.